The van der Waals surface area contributed by atoms with E-state index in [0.29, 0.717) is 12.1 Å². The molecule has 0 bridgehead atoms. The Labute approximate surface area is 107 Å². The Bertz CT molecular complexity index is 213. The number of hydrogen-bond donors (Lipinski definition) is 2. The first-order chi connectivity index (χ1) is 7.94. The summed E-state index contributed by atoms with van der Waals surface area (Å²) in [5.74, 6) is 0. The second-order valence-electron chi connectivity index (χ2n) is 6.01. The number of likely N-dealkylation sites (tertiary alicyclic amines) is 1. The number of nitrogens with zero attached hydrogens (tertiary/aromatic N) is 1. The summed E-state index contributed by atoms with van der Waals surface area (Å²) in [6, 6.07) is 1.20. The van der Waals surface area contributed by atoms with Crippen molar-refractivity contribution in [1.82, 2.24) is 10.2 Å². The second kappa shape index (κ2) is 6.72. The molecule has 1 saturated heterocycles. The van der Waals surface area contributed by atoms with Crippen LogP contribution in [0.1, 0.15) is 53.4 Å². The molecular formula is C14H30N2O. The summed E-state index contributed by atoms with van der Waals surface area (Å²) in [7, 11) is 0. The van der Waals surface area contributed by atoms with Crippen LogP contribution in [-0.4, -0.2) is 47.3 Å². The molecule has 3 nitrogen and oxygen atoms in total. The van der Waals surface area contributed by atoms with Crippen molar-refractivity contribution < 1.29 is 5.11 Å². The van der Waals surface area contributed by atoms with Gasteiger partial charge in [-0.2, -0.15) is 0 Å². The van der Waals surface area contributed by atoms with Crippen LogP contribution in [0.5, 0.6) is 0 Å². The molecule has 0 aromatic rings. The van der Waals surface area contributed by atoms with Gasteiger partial charge in [-0.1, -0.05) is 13.3 Å². The molecule has 2 atom stereocenters. The number of rotatable bonds is 6. The Morgan fingerprint density at radius 2 is 2.12 bits per heavy atom. The molecule has 0 aromatic heterocycles. The number of nitrogens with one attached hydrogen (secondary N) is 1. The second-order valence-corrected chi connectivity index (χ2v) is 6.01. The Kier molecular flexibility index (Phi) is 5.90. The molecular weight excluding hydrogens is 212 g/mol. The van der Waals surface area contributed by atoms with Crippen LogP contribution in [0.3, 0.4) is 0 Å². The summed E-state index contributed by atoms with van der Waals surface area (Å²) >= 11 is 0. The van der Waals surface area contributed by atoms with Crippen molar-refractivity contribution in [2.75, 3.05) is 19.6 Å². The van der Waals surface area contributed by atoms with E-state index in [1.807, 2.05) is 13.8 Å². The fraction of sp³-hybridized carbons (Fsp3) is 1.00. The molecule has 2 N–H and O–H groups in total. The largest absolute Gasteiger partial charge is 0.390 e. The normalized spacial score (nSPS) is 24.9. The van der Waals surface area contributed by atoms with Crippen molar-refractivity contribution >= 4 is 0 Å². The van der Waals surface area contributed by atoms with Gasteiger partial charge in [0, 0.05) is 18.6 Å². The lowest BCUT2D eigenvalue weighted by molar-refractivity contribution is 0.0390. The van der Waals surface area contributed by atoms with E-state index >= 15 is 0 Å². The molecule has 0 aromatic carbocycles. The predicted octanol–water partition coefficient (Wildman–Crippen LogP) is 2.00. The molecule has 1 aliphatic heterocycles. The maximum absolute atomic E-state index is 9.83. The Balaban J connectivity index is 2.47. The SMILES string of the molecule is CCNC(C)C1CCCCN1CCC(C)(C)O. The van der Waals surface area contributed by atoms with Crippen LogP contribution < -0.4 is 5.32 Å². The molecule has 2 unspecified atom stereocenters. The van der Waals surface area contributed by atoms with Gasteiger partial charge in [-0.05, 0) is 53.1 Å². The lowest BCUT2D eigenvalue weighted by Crippen LogP contribution is -2.51. The van der Waals surface area contributed by atoms with Crippen LogP contribution in [0.15, 0.2) is 0 Å². The van der Waals surface area contributed by atoms with Crippen molar-refractivity contribution in [3.8, 4) is 0 Å². The van der Waals surface area contributed by atoms with Crippen LogP contribution in [0.4, 0.5) is 0 Å². The molecule has 102 valence electrons. The molecule has 0 aliphatic carbocycles. The molecule has 0 saturated carbocycles. The highest BCUT2D eigenvalue weighted by Gasteiger charge is 2.27. The van der Waals surface area contributed by atoms with E-state index in [9.17, 15) is 5.11 Å². The van der Waals surface area contributed by atoms with Gasteiger partial charge < -0.3 is 10.4 Å². The maximum atomic E-state index is 9.83. The van der Waals surface area contributed by atoms with Gasteiger partial charge in [0.25, 0.3) is 0 Å². The Morgan fingerprint density at radius 1 is 1.41 bits per heavy atom. The summed E-state index contributed by atoms with van der Waals surface area (Å²) in [5, 5.41) is 13.4. The molecule has 1 aliphatic rings. The highest BCUT2D eigenvalue weighted by molar-refractivity contribution is 4.85. The van der Waals surface area contributed by atoms with E-state index in [-0.39, 0.29) is 0 Å². The van der Waals surface area contributed by atoms with E-state index in [0.717, 1.165) is 19.5 Å². The fourth-order valence-corrected chi connectivity index (χ4v) is 2.74. The van der Waals surface area contributed by atoms with E-state index in [1.165, 1.54) is 25.8 Å². The van der Waals surface area contributed by atoms with Gasteiger partial charge in [-0.15, -0.1) is 0 Å². The van der Waals surface area contributed by atoms with Crippen molar-refractivity contribution in [2.45, 2.75) is 71.1 Å². The van der Waals surface area contributed by atoms with Crippen molar-refractivity contribution in [1.29, 1.82) is 0 Å². The van der Waals surface area contributed by atoms with Crippen LogP contribution >= 0.6 is 0 Å². The van der Waals surface area contributed by atoms with E-state index < -0.39 is 5.60 Å². The molecule has 3 heteroatoms. The summed E-state index contributed by atoms with van der Waals surface area (Å²) in [6.07, 6.45) is 4.81. The third kappa shape index (κ3) is 5.36. The predicted molar refractivity (Wildman–Crippen MR) is 73.3 cm³/mol. The number of piperidine rings is 1. The summed E-state index contributed by atoms with van der Waals surface area (Å²) < 4.78 is 0. The number of aliphatic hydroxyl groups is 1. The Morgan fingerprint density at radius 3 is 2.71 bits per heavy atom. The third-order valence-corrected chi connectivity index (χ3v) is 3.78. The van der Waals surface area contributed by atoms with Gasteiger partial charge in [-0.3, -0.25) is 4.90 Å². The van der Waals surface area contributed by atoms with Gasteiger partial charge in [-0.25, -0.2) is 0 Å². The average Bonchev–Trinajstić information content (AvgIpc) is 2.26. The van der Waals surface area contributed by atoms with E-state index in [2.05, 4.69) is 24.1 Å². The molecule has 1 rings (SSSR count). The highest BCUT2D eigenvalue weighted by Crippen LogP contribution is 2.21. The first kappa shape index (κ1) is 14.9. The van der Waals surface area contributed by atoms with Crippen LogP contribution in [-0.2, 0) is 0 Å². The van der Waals surface area contributed by atoms with Crippen molar-refractivity contribution in [3.05, 3.63) is 0 Å². The number of hydrogen-bond acceptors (Lipinski definition) is 3. The standard InChI is InChI=1S/C14H30N2O/c1-5-15-12(2)13-8-6-7-10-16(13)11-9-14(3,4)17/h12-13,15,17H,5-11H2,1-4H3. The lowest BCUT2D eigenvalue weighted by Gasteiger charge is -2.40. The molecule has 0 amide bonds. The molecule has 0 radical (unpaired) electrons. The quantitative estimate of drug-likeness (QED) is 0.748. The minimum Gasteiger partial charge on any atom is -0.390 e. The summed E-state index contributed by atoms with van der Waals surface area (Å²) in [6.45, 7) is 11.5. The van der Waals surface area contributed by atoms with Crippen molar-refractivity contribution in [2.24, 2.45) is 0 Å². The monoisotopic (exact) mass is 242 g/mol. The zero-order valence-electron chi connectivity index (χ0n) is 12.0. The summed E-state index contributed by atoms with van der Waals surface area (Å²) in [4.78, 5) is 2.56. The molecule has 1 heterocycles. The van der Waals surface area contributed by atoms with Crippen LogP contribution in [0.25, 0.3) is 0 Å². The zero-order valence-corrected chi connectivity index (χ0v) is 12.0. The minimum atomic E-state index is -0.538. The summed E-state index contributed by atoms with van der Waals surface area (Å²) in [5.41, 5.74) is -0.538. The van der Waals surface area contributed by atoms with Gasteiger partial charge in [0.15, 0.2) is 0 Å². The van der Waals surface area contributed by atoms with E-state index in [1.54, 1.807) is 0 Å². The fourth-order valence-electron chi connectivity index (χ4n) is 2.74. The number of likely N-dealkylation sites (N-methyl/N-ethyl adjacent to an activating group) is 1. The van der Waals surface area contributed by atoms with Gasteiger partial charge in [0.2, 0.25) is 0 Å². The van der Waals surface area contributed by atoms with Gasteiger partial charge in [0.1, 0.15) is 0 Å². The lowest BCUT2D eigenvalue weighted by atomic mass is 9.95. The maximum Gasteiger partial charge on any atom is 0.0603 e. The first-order valence-electron chi connectivity index (χ1n) is 7.14. The van der Waals surface area contributed by atoms with Gasteiger partial charge >= 0.3 is 0 Å². The molecule has 17 heavy (non-hydrogen) atoms. The average molecular weight is 242 g/mol. The molecule has 0 spiro atoms. The molecule has 1 fully saturated rings. The topological polar surface area (TPSA) is 35.5 Å². The first-order valence-corrected chi connectivity index (χ1v) is 7.14. The van der Waals surface area contributed by atoms with Crippen LogP contribution in [0, 0.1) is 0 Å². The third-order valence-electron chi connectivity index (χ3n) is 3.78. The van der Waals surface area contributed by atoms with Crippen LogP contribution in [0.2, 0.25) is 0 Å². The minimum absolute atomic E-state index is 0.538. The van der Waals surface area contributed by atoms with Gasteiger partial charge in [0.05, 0.1) is 5.60 Å². The zero-order chi connectivity index (χ0) is 12.9. The van der Waals surface area contributed by atoms with Crippen molar-refractivity contribution in [3.63, 3.8) is 0 Å². The van der Waals surface area contributed by atoms with E-state index in [4.69, 9.17) is 0 Å². The Hall–Kier alpha value is -0.120. The smallest absolute Gasteiger partial charge is 0.0603 e. The highest BCUT2D eigenvalue weighted by atomic mass is 16.3.